The molecule has 0 bridgehead atoms. The third-order valence-corrected chi connectivity index (χ3v) is 7.15. The first kappa shape index (κ1) is 17.6. The summed E-state index contributed by atoms with van der Waals surface area (Å²) in [6.07, 6.45) is 0. The number of rotatable bonds is 6. The van der Waals surface area contributed by atoms with Crippen molar-refractivity contribution in [2.24, 2.45) is 0 Å². The average Bonchev–Trinajstić information content (AvgIpc) is 2.97. The van der Waals surface area contributed by atoms with Gasteiger partial charge in [-0.2, -0.15) is 0 Å². The van der Waals surface area contributed by atoms with Gasteiger partial charge in [0.15, 0.2) is 0 Å². The van der Waals surface area contributed by atoms with Crippen molar-refractivity contribution in [3.63, 3.8) is 0 Å². The summed E-state index contributed by atoms with van der Waals surface area (Å²) in [6.45, 7) is 7.89. The molecule has 3 rings (SSSR count). The van der Waals surface area contributed by atoms with Crippen molar-refractivity contribution in [3.05, 3.63) is 22.6 Å². The number of nitrogens with zero attached hydrogens (tertiary/aromatic N) is 2. The van der Waals surface area contributed by atoms with E-state index in [1.807, 2.05) is 19.9 Å². The van der Waals surface area contributed by atoms with E-state index in [1.54, 1.807) is 26.0 Å². The zero-order valence-electron chi connectivity index (χ0n) is 13.9. The fourth-order valence-electron chi connectivity index (χ4n) is 2.46. The summed E-state index contributed by atoms with van der Waals surface area (Å²) < 4.78 is 39.7. The van der Waals surface area contributed by atoms with Crippen LogP contribution in [-0.4, -0.2) is 37.1 Å². The van der Waals surface area contributed by atoms with E-state index in [2.05, 4.69) is 9.19 Å². The molecule has 1 aliphatic rings. The van der Waals surface area contributed by atoms with Crippen LogP contribution in [0.2, 0.25) is 0 Å². The van der Waals surface area contributed by atoms with Crippen molar-refractivity contribution >= 4 is 22.6 Å². The van der Waals surface area contributed by atoms with Gasteiger partial charge < -0.3 is 0 Å². The zero-order valence-corrected chi connectivity index (χ0v) is 16.5. The van der Waals surface area contributed by atoms with Crippen LogP contribution in [0.15, 0.2) is 18.2 Å². The van der Waals surface area contributed by atoms with Crippen molar-refractivity contribution in [2.45, 2.75) is 33.3 Å². The molecule has 2 aromatic rings. The Kier molecular flexibility index (Phi) is 4.87. The van der Waals surface area contributed by atoms with Crippen LogP contribution in [0.5, 0.6) is 11.5 Å². The van der Waals surface area contributed by atoms with E-state index >= 15 is 0 Å². The van der Waals surface area contributed by atoms with Gasteiger partial charge in [0.1, 0.15) is 0 Å². The van der Waals surface area contributed by atoms with Gasteiger partial charge in [0.2, 0.25) is 0 Å². The van der Waals surface area contributed by atoms with Crippen LogP contribution < -0.4 is 9.26 Å². The second-order valence-corrected chi connectivity index (χ2v) is 8.77. The van der Waals surface area contributed by atoms with Crippen molar-refractivity contribution in [2.75, 3.05) is 13.2 Å². The van der Waals surface area contributed by atoms with Gasteiger partial charge in [-0.3, -0.25) is 0 Å². The van der Waals surface area contributed by atoms with Gasteiger partial charge in [-0.15, -0.1) is 0 Å². The quantitative estimate of drug-likeness (QED) is 0.527. The summed E-state index contributed by atoms with van der Waals surface area (Å²) in [5.41, 5.74) is 1.25. The molecule has 0 N–H and O–H groups in total. The second-order valence-electron chi connectivity index (χ2n) is 5.60. The van der Waals surface area contributed by atoms with Gasteiger partial charge in [0.25, 0.3) is 0 Å². The summed E-state index contributed by atoms with van der Waals surface area (Å²) in [5.74, 6) is 0.978. The van der Waals surface area contributed by atoms with Gasteiger partial charge in [0.05, 0.1) is 0 Å². The average molecular weight is 417 g/mol. The topological polar surface area (TPSA) is 79.8 Å². The molecule has 9 heteroatoms. The Balaban J connectivity index is 1.95. The molecule has 0 aliphatic carbocycles. The number of phosphoric acid groups is 1. The van der Waals surface area contributed by atoms with Gasteiger partial charge in [-0.1, -0.05) is 0 Å². The van der Waals surface area contributed by atoms with Gasteiger partial charge in [0, 0.05) is 0 Å². The van der Waals surface area contributed by atoms with Crippen LogP contribution in [0.1, 0.15) is 32.1 Å². The first-order valence-electron chi connectivity index (χ1n) is 7.63. The molecule has 0 radical (unpaired) electrons. The molecule has 7 nitrogen and oxygen atoms in total. The fourth-order valence-corrected chi connectivity index (χ4v) is 5.12. The van der Waals surface area contributed by atoms with Crippen LogP contribution in [0, 0.1) is 0 Å². The van der Waals surface area contributed by atoms with Crippen LogP contribution in [0.25, 0.3) is 11.3 Å². The summed E-state index contributed by atoms with van der Waals surface area (Å²) in [4.78, 5) is 0. The Morgan fingerprint density at radius 1 is 1.25 bits per heavy atom. The van der Waals surface area contributed by atoms with E-state index in [1.165, 1.54) is 0 Å². The molecular weight excluding hydrogens is 398 g/mol. The van der Waals surface area contributed by atoms with E-state index < -0.39 is 13.4 Å². The van der Waals surface area contributed by atoms with Crippen molar-refractivity contribution < 1.29 is 22.9 Å². The number of phosphoric ester groups is 1. The molecular formula is C15H19N2O5PSe. The normalized spacial score (nSPS) is 15.3. The number of aromatic nitrogens is 2. The van der Waals surface area contributed by atoms with Crippen molar-refractivity contribution in [3.8, 4) is 22.8 Å². The third kappa shape index (κ3) is 3.30. The first-order valence-corrected chi connectivity index (χ1v) is 10.7. The molecule has 0 fully saturated rings. The maximum atomic E-state index is 12.5. The predicted octanol–water partition coefficient (Wildman–Crippen LogP) is 3.39. The van der Waals surface area contributed by atoms with Crippen LogP contribution in [0.4, 0.5) is 0 Å². The van der Waals surface area contributed by atoms with Crippen LogP contribution in [-0.2, 0) is 19.2 Å². The molecule has 0 saturated heterocycles. The monoisotopic (exact) mass is 418 g/mol. The molecule has 24 heavy (non-hydrogen) atoms. The van der Waals surface area contributed by atoms with E-state index in [4.69, 9.17) is 18.3 Å². The van der Waals surface area contributed by atoms with Gasteiger partial charge in [-0.25, -0.2) is 0 Å². The summed E-state index contributed by atoms with van der Waals surface area (Å²) in [5, 5.41) is 4.27. The standard InChI is InChI=1S/C15H19N2O5PSe/c1-5-19-23(18,20-6-2)22-10-7-8-11-12(9-10)21-15(3,4)14-13(11)16-17-24-14/h7-9H,5-6H2,1-4H3. The van der Waals surface area contributed by atoms with E-state index in [0.29, 0.717) is 11.5 Å². The minimum atomic E-state index is -3.64. The molecule has 1 aromatic carbocycles. The van der Waals surface area contributed by atoms with Gasteiger partial charge >= 0.3 is 147 Å². The molecule has 0 amide bonds. The Bertz CT molecular complexity index is 782. The molecule has 1 aromatic heterocycles. The SMILES string of the molecule is CCOP(=O)(OCC)Oc1ccc2c(c1)OC(C)(C)c1[se]nnc1-2. The molecule has 130 valence electrons. The summed E-state index contributed by atoms with van der Waals surface area (Å²) >= 11 is -0.0364. The maximum absolute atomic E-state index is 12.5. The second kappa shape index (κ2) is 6.62. The van der Waals surface area contributed by atoms with E-state index in [9.17, 15) is 4.57 Å². The molecule has 0 saturated carbocycles. The predicted molar refractivity (Wildman–Crippen MR) is 89.5 cm³/mol. The van der Waals surface area contributed by atoms with Crippen LogP contribution >= 0.6 is 7.82 Å². The number of fused-ring (bicyclic) bond motifs is 3. The molecule has 0 atom stereocenters. The van der Waals surface area contributed by atoms with Gasteiger partial charge in [-0.05, 0) is 0 Å². The minimum absolute atomic E-state index is 0.0364. The Labute approximate surface area is 146 Å². The molecule has 2 heterocycles. The number of hydrogen-bond donors (Lipinski definition) is 0. The molecule has 0 unspecified atom stereocenters. The summed E-state index contributed by atoms with van der Waals surface area (Å²) in [7, 11) is -3.64. The fraction of sp³-hybridized carbons (Fsp3) is 0.467. The third-order valence-electron chi connectivity index (χ3n) is 3.40. The van der Waals surface area contributed by atoms with E-state index in [-0.39, 0.29) is 27.9 Å². The van der Waals surface area contributed by atoms with Crippen molar-refractivity contribution in [1.29, 1.82) is 0 Å². The number of ether oxygens (including phenoxy) is 1. The van der Waals surface area contributed by atoms with E-state index in [0.717, 1.165) is 15.7 Å². The zero-order chi connectivity index (χ0) is 17.4. The van der Waals surface area contributed by atoms with Crippen molar-refractivity contribution in [1.82, 2.24) is 9.19 Å². The molecule has 0 spiro atoms. The summed E-state index contributed by atoms with van der Waals surface area (Å²) in [6, 6.07) is 5.22. The molecule has 1 aliphatic heterocycles. The Hall–Kier alpha value is -1.17. The Morgan fingerprint density at radius 2 is 1.96 bits per heavy atom. The number of benzene rings is 1. The number of hydrogen-bond acceptors (Lipinski definition) is 7. The van der Waals surface area contributed by atoms with Crippen LogP contribution in [0.3, 0.4) is 0 Å². The Morgan fingerprint density at radius 3 is 2.62 bits per heavy atom. The first-order chi connectivity index (χ1) is 11.4.